The summed E-state index contributed by atoms with van der Waals surface area (Å²) >= 11 is 1.82. The van der Waals surface area contributed by atoms with E-state index in [0.717, 1.165) is 62.5 Å². The first-order valence-corrected chi connectivity index (χ1v) is 10.8. The van der Waals surface area contributed by atoms with Crippen molar-refractivity contribution >= 4 is 17.2 Å². The number of rotatable bonds is 6. The van der Waals surface area contributed by atoms with Crippen LogP contribution in [0.1, 0.15) is 27.9 Å². The Bertz CT molecular complexity index is 896. The van der Waals surface area contributed by atoms with Crippen LogP contribution in [0.4, 0.5) is 0 Å². The van der Waals surface area contributed by atoms with Crippen molar-refractivity contribution in [3.05, 3.63) is 70.2 Å². The zero-order chi connectivity index (χ0) is 19.3. The van der Waals surface area contributed by atoms with Gasteiger partial charge in [-0.3, -0.25) is 9.69 Å². The second kappa shape index (κ2) is 8.71. The monoisotopic (exact) mass is 394 g/mol. The first kappa shape index (κ1) is 18.9. The van der Waals surface area contributed by atoms with Crippen molar-refractivity contribution in [1.82, 2.24) is 19.6 Å². The summed E-state index contributed by atoms with van der Waals surface area (Å²) in [6, 6.07) is 14.3. The lowest BCUT2D eigenvalue weighted by Crippen LogP contribution is -2.49. The molecular weight excluding hydrogens is 368 g/mol. The average Bonchev–Trinajstić information content (AvgIpc) is 3.42. The van der Waals surface area contributed by atoms with Gasteiger partial charge in [-0.1, -0.05) is 31.2 Å². The molecule has 3 aromatic rings. The Morgan fingerprint density at radius 1 is 1.07 bits per heavy atom. The van der Waals surface area contributed by atoms with Gasteiger partial charge in [0, 0.05) is 37.6 Å². The maximum atomic E-state index is 13.1. The van der Waals surface area contributed by atoms with Gasteiger partial charge in [0.1, 0.15) is 0 Å². The van der Waals surface area contributed by atoms with Gasteiger partial charge in [0.2, 0.25) is 0 Å². The quantitative estimate of drug-likeness (QED) is 0.643. The maximum absolute atomic E-state index is 13.1. The van der Waals surface area contributed by atoms with E-state index in [0.29, 0.717) is 0 Å². The molecule has 1 saturated heterocycles. The third-order valence-corrected chi connectivity index (χ3v) is 6.29. The number of para-hydroxylation sites is 1. The highest BCUT2D eigenvalue weighted by Crippen LogP contribution is 2.18. The van der Waals surface area contributed by atoms with Crippen LogP contribution in [0.15, 0.2) is 54.0 Å². The number of piperazine rings is 1. The van der Waals surface area contributed by atoms with Gasteiger partial charge < -0.3 is 4.90 Å². The van der Waals surface area contributed by atoms with Crippen LogP contribution in [0.3, 0.4) is 0 Å². The summed E-state index contributed by atoms with van der Waals surface area (Å²) in [5, 5.41) is 6.64. The molecule has 146 valence electrons. The number of nitrogens with zero attached hydrogens (tertiary/aromatic N) is 4. The lowest BCUT2D eigenvalue weighted by atomic mass is 10.1. The summed E-state index contributed by atoms with van der Waals surface area (Å²) in [6.07, 6.45) is 3.60. The van der Waals surface area contributed by atoms with E-state index in [-0.39, 0.29) is 5.91 Å². The SMILES string of the molecule is CCc1c(C(=O)N2CCN(CCc3cccs3)CC2)cnn1-c1ccccc1. The third kappa shape index (κ3) is 4.03. The van der Waals surface area contributed by atoms with Gasteiger partial charge in [0.15, 0.2) is 0 Å². The van der Waals surface area contributed by atoms with Crippen LogP contribution in [0.2, 0.25) is 0 Å². The van der Waals surface area contributed by atoms with E-state index in [1.54, 1.807) is 6.20 Å². The van der Waals surface area contributed by atoms with Crippen LogP contribution in [0, 0.1) is 0 Å². The van der Waals surface area contributed by atoms with E-state index in [4.69, 9.17) is 0 Å². The highest BCUT2D eigenvalue weighted by Gasteiger charge is 2.25. The van der Waals surface area contributed by atoms with Gasteiger partial charge in [-0.25, -0.2) is 4.68 Å². The minimum absolute atomic E-state index is 0.108. The van der Waals surface area contributed by atoms with Crippen LogP contribution in [0.5, 0.6) is 0 Å². The van der Waals surface area contributed by atoms with Crippen LogP contribution < -0.4 is 0 Å². The van der Waals surface area contributed by atoms with Gasteiger partial charge in [-0.15, -0.1) is 11.3 Å². The highest BCUT2D eigenvalue weighted by atomic mass is 32.1. The number of carbonyl (C=O) groups is 1. The molecule has 0 bridgehead atoms. The molecule has 28 heavy (non-hydrogen) atoms. The summed E-state index contributed by atoms with van der Waals surface area (Å²) in [7, 11) is 0. The first-order valence-electron chi connectivity index (χ1n) is 9.92. The largest absolute Gasteiger partial charge is 0.336 e. The fraction of sp³-hybridized carbons (Fsp3) is 0.364. The molecule has 2 aromatic heterocycles. The molecule has 0 unspecified atom stereocenters. The van der Waals surface area contributed by atoms with Crippen molar-refractivity contribution in [3.8, 4) is 5.69 Å². The molecule has 6 heteroatoms. The standard InChI is InChI=1S/C22H26N4OS/c1-2-21-20(17-23-26(21)18-7-4-3-5-8-18)22(27)25-14-12-24(13-15-25)11-10-19-9-6-16-28-19/h3-9,16-17H,2,10-15H2,1H3. The van der Waals surface area contributed by atoms with Crippen LogP contribution in [-0.4, -0.2) is 58.2 Å². The molecule has 0 radical (unpaired) electrons. The van der Waals surface area contributed by atoms with Crippen LogP contribution >= 0.6 is 11.3 Å². The van der Waals surface area contributed by atoms with E-state index in [1.165, 1.54) is 4.88 Å². The van der Waals surface area contributed by atoms with Gasteiger partial charge in [-0.2, -0.15) is 5.10 Å². The lowest BCUT2D eigenvalue weighted by molar-refractivity contribution is 0.0637. The Hall–Kier alpha value is -2.44. The van der Waals surface area contributed by atoms with Crippen molar-refractivity contribution < 1.29 is 4.79 Å². The van der Waals surface area contributed by atoms with Gasteiger partial charge in [0.25, 0.3) is 5.91 Å². The van der Waals surface area contributed by atoms with E-state index < -0.39 is 0 Å². The molecule has 0 atom stereocenters. The van der Waals surface area contributed by atoms with Gasteiger partial charge in [0.05, 0.1) is 23.1 Å². The predicted octanol–water partition coefficient (Wildman–Crippen LogP) is 3.50. The molecule has 5 nitrogen and oxygen atoms in total. The second-order valence-electron chi connectivity index (χ2n) is 7.07. The zero-order valence-corrected chi connectivity index (χ0v) is 17.1. The van der Waals surface area contributed by atoms with E-state index in [2.05, 4.69) is 34.4 Å². The summed E-state index contributed by atoms with van der Waals surface area (Å²) in [6.45, 7) is 6.58. The zero-order valence-electron chi connectivity index (χ0n) is 16.3. The molecular formula is C22H26N4OS. The number of hydrogen-bond acceptors (Lipinski definition) is 4. The molecule has 0 spiro atoms. The Kier molecular flexibility index (Phi) is 5.88. The van der Waals surface area contributed by atoms with Crippen LogP contribution in [-0.2, 0) is 12.8 Å². The van der Waals surface area contributed by atoms with E-state index >= 15 is 0 Å². The molecule has 4 rings (SSSR count). The number of aromatic nitrogens is 2. The number of benzene rings is 1. The third-order valence-electron chi connectivity index (χ3n) is 5.35. The number of thiophene rings is 1. The van der Waals surface area contributed by atoms with E-state index in [1.807, 2.05) is 51.3 Å². The highest BCUT2D eigenvalue weighted by molar-refractivity contribution is 7.09. The van der Waals surface area contributed by atoms with Crippen molar-refractivity contribution in [2.75, 3.05) is 32.7 Å². The van der Waals surface area contributed by atoms with Crippen molar-refractivity contribution in [2.24, 2.45) is 0 Å². The van der Waals surface area contributed by atoms with Crippen LogP contribution in [0.25, 0.3) is 5.69 Å². The molecule has 1 aliphatic rings. The molecule has 1 aromatic carbocycles. The molecule has 0 aliphatic carbocycles. The van der Waals surface area contributed by atoms with Crippen molar-refractivity contribution in [2.45, 2.75) is 19.8 Å². The second-order valence-corrected chi connectivity index (χ2v) is 8.10. The summed E-state index contributed by atoms with van der Waals surface area (Å²) in [4.78, 5) is 19.0. The molecule has 3 heterocycles. The minimum atomic E-state index is 0.108. The number of amides is 1. The van der Waals surface area contributed by atoms with Crippen molar-refractivity contribution in [1.29, 1.82) is 0 Å². The number of hydrogen-bond donors (Lipinski definition) is 0. The number of carbonyl (C=O) groups excluding carboxylic acids is 1. The minimum Gasteiger partial charge on any atom is -0.336 e. The normalized spacial score (nSPS) is 15.1. The Balaban J connectivity index is 1.39. The Labute approximate surface area is 170 Å². The smallest absolute Gasteiger partial charge is 0.257 e. The van der Waals surface area contributed by atoms with Gasteiger partial charge in [-0.05, 0) is 36.4 Å². The molecule has 1 fully saturated rings. The molecule has 1 aliphatic heterocycles. The van der Waals surface area contributed by atoms with E-state index in [9.17, 15) is 4.79 Å². The maximum Gasteiger partial charge on any atom is 0.257 e. The summed E-state index contributed by atoms with van der Waals surface area (Å²) in [5.74, 6) is 0.108. The topological polar surface area (TPSA) is 41.4 Å². The lowest BCUT2D eigenvalue weighted by Gasteiger charge is -2.34. The fourth-order valence-corrected chi connectivity index (χ4v) is 4.45. The Morgan fingerprint density at radius 3 is 2.54 bits per heavy atom. The molecule has 0 saturated carbocycles. The predicted molar refractivity (Wildman–Crippen MR) is 113 cm³/mol. The fourth-order valence-electron chi connectivity index (χ4n) is 3.75. The Morgan fingerprint density at radius 2 is 1.86 bits per heavy atom. The summed E-state index contributed by atoms with van der Waals surface area (Å²) < 4.78 is 1.89. The molecule has 0 N–H and O–H groups in total. The first-order chi connectivity index (χ1) is 13.8. The molecule has 1 amide bonds. The summed E-state index contributed by atoms with van der Waals surface area (Å²) in [5.41, 5.74) is 2.71. The van der Waals surface area contributed by atoms with Crippen molar-refractivity contribution in [3.63, 3.8) is 0 Å². The average molecular weight is 395 g/mol. The van der Waals surface area contributed by atoms with Gasteiger partial charge >= 0.3 is 0 Å².